The number of halogens is 1. The number of anilines is 1. The number of amides is 2. The number of aromatic nitrogens is 2. The highest BCUT2D eigenvalue weighted by atomic mass is 35.5. The van der Waals surface area contributed by atoms with Gasteiger partial charge < -0.3 is 9.64 Å². The number of hydrogen-bond donors (Lipinski definition) is 1. The first-order valence-corrected chi connectivity index (χ1v) is 11.9. The average Bonchev–Trinajstić information content (AvgIpc) is 3.31. The van der Waals surface area contributed by atoms with Crippen molar-refractivity contribution in [2.75, 3.05) is 32.1 Å². The highest BCUT2D eigenvalue weighted by molar-refractivity contribution is 6.33. The van der Waals surface area contributed by atoms with Crippen molar-refractivity contribution < 1.29 is 14.3 Å². The van der Waals surface area contributed by atoms with Crippen LogP contribution in [0.25, 0.3) is 16.9 Å². The predicted molar refractivity (Wildman–Crippen MR) is 142 cm³/mol. The lowest BCUT2D eigenvalue weighted by molar-refractivity contribution is -0.117. The van der Waals surface area contributed by atoms with E-state index in [4.69, 9.17) is 16.3 Å². The first kappa shape index (κ1) is 25.2. The quantitative estimate of drug-likeness (QED) is 0.340. The van der Waals surface area contributed by atoms with Gasteiger partial charge in [0.25, 0.3) is 5.91 Å². The van der Waals surface area contributed by atoms with Crippen LogP contribution < -0.4 is 5.32 Å². The Hall–Kier alpha value is -3.94. The summed E-state index contributed by atoms with van der Waals surface area (Å²) < 4.78 is 6.98. The van der Waals surface area contributed by atoms with Gasteiger partial charge >= 0.3 is 0 Å². The fraction of sp³-hybridized carbons (Fsp3) is 0.179. The number of imidazole rings is 1. The zero-order chi connectivity index (χ0) is 25.5. The first-order chi connectivity index (χ1) is 17.5. The number of ether oxygens (including phenoxy) is 1. The van der Waals surface area contributed by atoms with Crippen molar-refractivity contribution in [1.82, 2.24) is 14.5 Å². The first-order valence-electron chi connectivity index (χ1n) is 11.5. The van der Waals surface area contributed by atoms with Crippen molar-refractivity contribution in [2.45, 2.75) is 6.92 Å². The van der Waals surface area contributed by atoms with Gasteiger partial charge in [-0.15, -0.1) is 0 Å². The Morgan fingerprint density at radius 2 is 1.69 bits per heavy atom. The molecule has 0 bridgehead atoms. The summed E-state index contributed by atoms with van der Waals surface area (Å²) in [6.07, 6.45) is 1.88. The molecule has 1 heterocycles. The van der Waals surface area contributed by atoms with Crippen molar-refractivity contribution in [2.24, 2.45) is 0 Å². The van der Waals surface area contributed by atoms with Crippen LogP contribution in [-0.2, 0) is 9.53 Å². The summed E-state index contributed by atoms with van der Waals surface area (Å²) in [5.74, 6) is -0.371. The minimum absolute atomic E-state index is 0.186. The number of methoxy groups -OCH3 is 1. The monoisotopic (exact) mass is 502 g/mol. The average molecular weight is 503 g/mol. The zero-order valence-electron chi connectivity index (χ0n) is 20.1. The van der Waals surface area contributed by atoms with Gasteiger partial charge in [-0.1, -0.05) is 71.8 Å². The molecule has 1 aromatic heterocycles. The van der Waals surface area contributed by atoms with Crippen molar-refractivity contribution >= 4 is 29.4 Å². The third-order valence-corrected chi connectivity index (χ3v) is 5.96. The lowest BCUT2D eigenvalue weighted by Crippen LogP contribution is -2.40. The third-order valence-electron chi connectivity index (χ3n) is 5.63. The van der Waals surface area contributed by atoms with Crippen LogP contribution in [0, 0.1) is 6.92 Å². The number of nitrogens with zero attached hydrogens (tertiary/aromatic N) is 3. The maximum Gasteiger partial charge on any atom is 0.255 e. The maximum absolute atomic E-state index is 13.2. The molecule has 3 aromatic carbocycles. The second-order valence-corrected chi connectivity index (χ2v) is 8.68. The van der Waals surface area contributed by atoms with Crippen molar-refractivity contribution in [1.29, 1.82) is 0 Å². The topological polar surface area (TPSA) is 76.5 Å². The second-order valence-electron chi connectivity index (χ2n) is 8.27. The van der Waals surface area contributed by atoms with Gasteiger partial charge in [-0.3, -0.25) is 19.5 Å². The van der Waals surface area contributed by atoms with Crippen LogP contribution in [0.5, 0.6) is 0 Å². The number of carbonyl (C=O) groups excluding carboxylic acids is 2. The van der Waals surface area contributed by atoms with Gasteiger partial charge in [0.15, 0.2) is 0 Å². The van der Waals surface area contributed by atoms with Crippen LogP contribution in [0.15, 0.2) is 85.1 Å². The number of hydrogen-bond acceptors (Lipinski definition) is 4. The van der Waals surface area contributed by atoms with Crippen LogP contribution in [0.1, 0.15) is 15.9 Å². The molecular formula is C28H27ClN4O3. The molecule has 1 N–H and O–H groups in total. The standard InChI is InChI=1S/C28H27ClN4O3/c1-20-12-14-22(15-13-20)33-18-25(21-8-4-3-5-9-21)30-28(33)31-26(34)19-32(16-17-36-2)27(35)23-10-6-7-11-24(23)29/h3-15,18H,16-17,19H2,1-2H3,(H,30,31,34). The van der Waals surface area contributed by atoms with Crippen LogP contribution in [0.3, 0.4) is 0 Å². The molecule has 0 saturated heterocycles. The smallest absolute Gasteiger partial charge is 0.255 e. The molecule has 0 fully saturated rings. The molecule has 4 aromatic rings. The number of rotatable bonds is 9. The summed E-state index contributed by atoms with van der Waals surface area (Å²) in [5, 5.41) is 3.21. The van der Waals surface area contributed by atoms with Gasteiger partial charge in [0.05, 0.1) is 22.9 Å². The molecule has 8 heteroatoms. The van der Waals surface area contributed by atoms with E-state index in [0.717, 1.165) is 22.5 Å². The lowest BCUT2D eigenvalue weighted by Gasteiger charge is -2.22. The van der Waals surface area contributed by atoms with E-state index < -0.39 is 0 Å². The van der Waals surface area contributed by atoms with E-state index in [1.54, 1.807) is 31.4 Å². The largest absolute Gasteiger partial charge is 0.383 e. The maximum atomic E-state index is 13.2. The third kappa shape index (κ3) is 6.00. The molecule has 0 aliphatic carbocycles. The Morgan fingerprint density at radius 1 is 1.00 bits per heavy atom. The summed E-state index contributed by atoms with van der Waals surface area (Å²) in [4.78, 5) is 32.4. The summed E-state index contributed by atoms with van der Waals surface area (Å²) in [6.45, 7) is 2.34. The van der Waals surface area contributed by atoms with Gasteiger partial charge in [-0.2, -0.15) is 0 Å². The van der Waals surface area contributed by atoms with Crippen LogP contribution in [0.4, 0.5) is 5.95 Å². The molecule has 4 rings (SSSR count). The van der Waals surface area contributed by atoms with E-state index in [1.807, 2.05) is 72.3 Å². The van der Waals surface area contributed by atoms with Crippen LogP contribution in [0.2, 0.25) is 5.02 Å². The molecule has 0 atom stereocenters. The molecule has 184 valence electrons. The molecule has 2 amide bonds. The molecule has 7 nitrogen and oxygen atoms in total. The van der Waals surface area contributed by atoms with E-state index in [0.29, 0.717) is 16.5 Å². The van der Waals surface area contributed by atoms with E-state index in [9.17, 15) is 9.59 Å². The number of benzene rings is 3. The molecular weight excluding hydrogens is 476 g/mol. The van der Waals surface area contributed by atoms with E-state index in [1.165, 1.54) is 4.90 Å². The van der Waals surface area contributed by atoms with Gasteiger partial charge in [0.2, 0.25) is 11.9 Å². The summed E-state index contributed by atoms with van der Waals surface area (Å²) >= 11 is 6.23. The van der Waals surface area contributed by atoms with Crippen LogP contribution >= 0.6 is 11.6 Å². The Kier molecular flexibility index (Phi) is 8.15. The van der Waals surface area contributed by atoms with Gasteiger partial charge in [0, 0.05) is 31.1 Å². The molecule has 36 heavy (non-hydrogen) atoms. The summed E-state index contributed by atoms with van der Waals surface area (Å²) in [5.41, 5.74) is 3.95. The minimum atomic E-state index is -0.384. The van der Waals surface area contributed by atoms with Crippen molar-refractivity contribution in [3.8, 4) is 16.9 Å². The zero-order valence-corrected chi connectivity index (χ0v) is 20.9. The SMILES string of the molecule is COCCN(CC(=O)Nc1nc(-c2ccccc2)cn1-c1ccc(C)cc1)C(=O)c1ccccc1Cl. The highest BCUT2D eigenvalue weighted by Crippen LogP contribution is 2.25. The molecule has 0 spiro atoms. The number of nitrogens with one attached hydrogen (secondary N) is 1. The number of carbonyl (C=O) groups is 2. The summed E-state index contributed by atoms with van der Waals surface area (Å²) in [6, 6.07) is 24.4. The summed E-state index contributed by atoms with van der Waals surface area (Å²) in [7, 11) is 1.54. The highest BCUT2D eigenvalue weighted by Gasteiger charge is 2.22. The molecule has 0 unspecified atom stereocenters. The van der Waals surface area contributed by atoms with Gasteiger partial charge in [0.1, 0.15) is 6.54 Å². The van der Waals surface area contributed by atoms with Gasteiger partial charge in [-0.25, -0.2) is 4.98 Å². The minimum Gasteiger partial charge on any atom is -0.383 e. The fourth-order valence-electron chi connectivity index (χ4n) is 3.72. The van der Waals surface area contributed by atoms with E-state index in [2.05, 4.69) is 10.3 Å². The second kappa shape index (κ2) is 11.7. The molecule has 0 aliphatic heterocycles. The van der Waals surface area contributed by atoms with Gasteiger partial charge in [-0.05, 0) is 31.2 Å². The van der Waals surface area contributed by atoms with Crippen molar-refractivity contribution in [3.63, 3.8) is 0 Å². The molecule has 0 saturated carbocycles. The normalized spacial score (nSPS) is 10.8. The fourth-order valence-corrected chi connectivity index (χ4v) is 3.93. The Balaban J connectivity index is 1.60. The Morgan fingerprint density at radius 3 is 2.39 bits per heavy atom. The number of aryl methyl sites for hydroxylation is 1. The van der Waals surface area contributed by atoms with Crippen LogP contribution in [-0.4, -0.2) is 53.1 Å². The molecule has 0 aliphatic rings. The lowest BCUT2D eigenvalue weighted by atomic mass is 10.2. The Labute approximate surface area is 215 Å². The van der Waals surface area contributed by atoms with E-state index >= 15 is 0 Å². The predicted octanol–water partition coefficient (Wildman–Crippen LogP) is 5.23. The van der Waals surface area contributed by atoms with E-state index in [-0.39, 0.29) is 31.5 Å². The van der Waals surface area contributed by atoms with Crippen molar-refractivity contribution in [3.05, 3.63) is 101 Å². The Bertz CT molecular complexity index is 1340. The molecule has 0 radical (unpaired) electrons.